The number of nitrogens with zero attached hydrogens (tertiary/aromatic N) is 7. The number of aromatic amines is 1. The fraction of sp³-hybridized carbons (Fsp3) is 0.417. The van der Waals surface area contributed by atoms with E-state index in [0.29, 0.717) is 36.3 Å². The van der Waals surface area contributed by atoms with Gasteiger partial charge in [-0.05, 0) is 51.3 Å². The number of carbonyl (C=O) groups is 1. The zero-order valence-corrected chi connectivity index (χ0v) is 20.5. The van der Waals surface area contributed by atoms with E-state index in [9.17, 15) is 4.79 Å². The van der Waals surface area contributed by atoms with Crippen LogP contribution in [0.2, 0.25) is 0 Å². The fourth-order valence-electron chi connectivity index (χ4n) is 4.35. The molecule has 1 fully saturated rings. The smallest absolute Gasteiger partial charge is 0.410 e. The maximum Gasteiger partial charge on any atom is 0.410 e. The van der Waals surface area contributed by atoms with Crippen molar-refractivity contribution in [3.63, 3.8) is 0 Å². The lowest BCUT2D eigenvalue weighted by Crippen LogP contribution is -2.41. The Kier molecular flexibility index (Phi) is 5.93. The first kappa shape index (κ1) is 23.5. The first-order valence-corrected chi connectivity index (χ1v) is 11.5. The van der Waals surface area contributed by atoms with Gasteiger partial charge < -0.3 is 20.1 Å². The van der Waals surface area contributed by atoms with Crippen LogP contribution in [0.15, 0.2) is 24.5 Å². The second kappa shape index (κ2) is 9.09. The molecule has 5 rings (SSSR count). The highest BCUT2D eigenvalue weighted by Crippen LogP contribution is 2.32. The van der Waals surface area contributed by atoms with Gasteiger partial charge >= 0.3 is 6.09 Å². The van der Waals surface area contributed by atoms with Crippen molar-refractivity contribution in [3.8, 4) is 11.8 Å². The monoisotopic (exact) mass is 489 g/mol. The van der Waals surface area contributed by atoms with Gasteiger partial charge in [-0.2, -0.15) is 20.5 Å². The molecule has 1 amide bonds. The molecule has 36 heavy (non-hydrogen) atoms. The zero-order valence-electron chi connectivity index (χ0n) is 20.5. The number of rotatable bonds is 3. The molecular formula is C24H27N9O3. The molecule has 0 bridgehead atoms. The number of hydrogen-bond acceptors (Lipinski definition) is 9. The lowest BCUT2D eigenvalue weighted by atomic mass is 10.2. The highest BCUT2D eigenvalue weighted by atomic mass is 16.6. The summed E-state index contributed by atoms with van der Waals surface area (Å²) in [4.78, 5) is 23.2. The van der Waals surface area contributed by atoms with Crippen LogP contribution in [0, 0.1) is 11.8 Å². The van der Waals surface area contributed by atoms with Crippen LogP contribution < -0.4 is 5.73 Å². The Labute approximate surface area is 207 Å². The number of amides is 1. The molecule has 1 aromatic carbocycles. The summed E-state index contributed by atoms with van der Waals surface area (Å²) in [6.45, 7) is 6.30. The number of nitrogens with one attached hydrogen (secondary N) is 1. The van der Waals surface area contributed by atoms with E-state index in [4.69, 9.17) is 20.3 Å². The second-order valence-electron chi connectivity index (χ2n) is 9.66. The van der Waals surface area contributed by atoms with Crippen LogP contribution in [-0.4, -0.2) is 78.1 Å². The molecule has 1 aliphatic rings. The molecule has 3 N–H and O–H groups in total. The van der Waals surface area contributed by atoms with E-state index < -0.39 is 5.60 Å². The number of nitrogens with two attached hydrogens (primary N) is 1. The van der Waals surface area contributed by atoms with Gasteiger partial charge in [0, 0.05) is 19.2 Å². The Bertz CT molecular complexity index is 1490. The summed E-state index contributed by atoms with van der Waals surface area (Å²) in [6.07, 6.45) is 1.63. The van der Waals surface area contributed by atoms with Crippen LogP contribution in [0.3, 0.4) is 0 Å². The predicted octanol–water partition coefficient (Wildman–Crippen LogP) is 2.28. The minimum atomic E-state index is -0.607. The van der Waals surface area contributed by atoms with Gasteiger partial charge in [0.2, 0.25) is 0 Å². The largest absolute Gasteiger partial charge is 0.444 e. The predicted molar refractivity (Wildman–Crippen MR) is 132 cm³/mol. The minimum Gasteiger partial charge on any atom is -0.444 e. The molecule has 2 atom stereocenters. The number of H-pyrrole nitrogens is 1. The van der Waals surface area contributed by atoms with E-state index in [0.717, 1.165) is 16.6 Å². The lowest BCUT2D eigenvalue weighted by Gasteiger charge is -2.28. The summed E-state index contributed by atoms with van der Waals surface area (Å²) < 4.78 is 12.8. The van der Waals surface area contributed by atoms with Crippen molar-refractivity contribution >= 4 is 34.0 Å². The molecule has 12 nitrogen and oxygen atoms in total. The van der Waals surface area contributed by atoms with Crippen molar-refractivity contribution in [1.82, 2.24) is 40.1 Å². The quantitative estimate of drug-likeness (QED) is 0.413. The third-order valence-corrected chi connectivity index (χ3v) is 5.88. The van der Waals surface area contributed by atoms with Gasteiger partial charge in [-0.3, -0.25) is 0 Å². The third-order valence-electron chi connectivity index (χ3n) is 5.88. The Morgan fingerprint density at radius 1 is 1.22 bits per heavy atom. The van der Waals surface area contributed by atoms with Crippen LogP contribution in [-0.2, 0) is 9.47 Å². The molecule has 4 aromatic rings. The molecule has 0 unspecified atom stereocenters. The summed E-state index contributed by atoms with van der Waals surface area (Å²) in [5.74, 6) is 6.53. The van der Waals surface area contributed by atoms with Crippen molar-refractivity contribution in [2.24, 2.45) is 0 Å². The summed E-state index contributed by atoms with van der Waals surface area (Å²) in [7, 11) is 1.61. The fourth-order valence-corrected chi connectivity index (χ4v) is 4.35. The number of carbonyl (C=O) groups excluding carboxylic acids is 1. The van der Waals surface area contributed by atoms with Gasteiger partial charge in [0.15, 0.2) is 5.65 Å². The molecule has 4 heterocycles. The summed E-state index contributed by atoms with van der Waals surface area (Å²) in [6, 6.07) is 5.21. The number of anilines is 1. The number of aromatic nitrogens is 7. The molecular weight excluding hydrogens is 462 g/mol. The van der Waals surface area contributed by atoms with Crippen LogP contribution in [0.5, 0.6) is 0 Å². The van der Waals surface area contributed by atoms with Gasteiger partial charge in [-0.15, -0.1) is 0 Å². The normalized spacial score (nSPS) is 17.9. The molecule has 0 radical (unpaired) electrons. The van der Waals surface area contributed by atoms with Gasteiger partial charge in [-0.1, -0.05) is 5.92 Å². The van der Waals surface area contributed by atoms with Crippen molar-refractivity contribution < 1.29 is 14.3 Å². The van der Waals surface area contributed by atoms with Crippen molar-refractivity contribution in [3.05, 3.63) is 35.8 Å². The van der Waals surface area contributed by atoms with E-state index in [2.05, 4.69) is 37.2 Å². The Hall–Kier alpha value is -4.24. The van der Waals surface area contributed by atoms with Crippen LogP contribution in [0.25, 0.3) is 22.1 Å². The number of likely N-dealkylation sites (tertiary alicyclic amines) is 1. The first-order valence-electron chi connectivity index (χ1n) is 11.5. The molecule has 1 aliphatic heterocycles. The number of benzene rings is 1. The van der Waals surface area contributed by atoms with E-state index in [1.165, 1.54) is 6.33 Å². The van der Waals surface area contributed by atoms with Crippen LogP contribution in [0.4, 0.5) is 10.6 Å². The van der Waals surface area contributed by atoms with Crippen molar-refractivity contribution in [1.29, 1.82) is 0 Å². The Morgan fingerprint density at radius 3 is 2.81 bits per heavy atom. The van der Waals surface area contributed by atoms with Gasteiger partial charge in [0.1, 0.15) is 34.5 Å². The highest BCUT2D eigenvalue weighted by molar-refractivity contribution is 5.90. The number of fused-ring (bicyclic) bond motifs is 2. The van der Waals surface area contributed by atoms with E-state index >= 15 is 0 Å². The molecule has 0 spiro atoms. The number of nitrogen functional groups attached to an aromatic ring is 1. The van der Waals surface area contributed by atoms with Gasteiger partial charge in [0.25, 0.3) is 0 Å². The highest BCUT2D eigenvalue weighted by Gasteiger charge is 2.39. The average Bonchev–Trinajstić information content (AvgIpc) is 3.53. The molecule has 1 saturated heterocycles. The molecule has 0 saturated carbocycles. The maximum atomic E-state index is 12.9. The SMILES string of the molecule is COC[C@H]1C[C@H](n2nc(C#Cc3ccc4n[nH]nc4c3)c3c(N)ncnc32)CN1C(=O)OC(C)(C)C. The summed E-state index contributed by atoms with van der Waals surface area (Å²) >= 11 is 0. The standard InChI is InChI=1S/C24H27N9O3/c1-24(2,3)36-23(34)32-11-15(10-16(32)12-35-4)33-22-20(21(25)26-13-27-22)18(30-33)8-6-14-5-7-17-19(9-14)29-31-28-17/h5,7,9,13,15-16H,10-12H2,1-4H3,(H2,25,26,27)(H,28,29,31)/t15-,16+/m0/s1. The lowest BCUT2D eigenvalue weighted by molar-refractivity contribution is 0.0145. The Balaban J connectivity index is 1.50. The molecule has 12 heteroatoms. The van der Waals surface area contributed by atoms with E-state index in [1.54, 1.807) is 16.7 Å². The Morgan fingerprint density at radius 2 is 2.03 bits per heavy atom. The van der Waals surface area contributed by atoms with Crippen LogP contribution >= 0.6 is 0 Å². The van der Waals surface area contributed by atoms with Gasteiger partial charge in [0.05, 0.1) is 24.1 Å². The zero-order chi connectivity index (χ0) is 25.4. The van der Waals surface area contributed by atoms with E-state index in [1.807, 2.05) is 39.0 Å². The second-order valence-corrected chi connectivity index (χ2v) is 9.66. The minimum absolute atomic E-state index is 0.169. The van der Waals surface area contributed by atoms with Gasteiger partial charge in [-0.25, -0.2) is 19.4 Å². The van der Waals surface area contributed by atoms with Crippen LogP contribution in [0.1, 0.15) is 44.5 Å². The van der Waals surface area contributed by atoms with Crippen molar-refractivity contribution in [2.75, 3.05) is 26.0 Å². The average molecular weight is 490 g/mol. The number of ether oxygens (including phenoxy) is 2. The third kappa shape index (κ3) is 4.52. The topological polar surface area (TPSA) is 150 Å². The first-order chi connectivity index (χ1) is 17.2. The molecule has 186 valence electrons. The summed E-state index contributed by atoms with van der Waals surface area (Å²) in [5.41, 5.74) is 8.87. The summed E-state index contributed by atoms with van der Waals surface area (Å²) in [5, 5.41) is 16.1. The number of hydrogen-bond donors (Lipinski definition) is 2. The van der Waals surface area contributed by atoms with Crippen molar-refractivity contribution in [2.45, 2.75) is 44.9 Å². The maximum absolute atomic E-state index is 12.9. The van der Waals surface area contributed by atoms with E-state index in [-0.39, 0.29) is 24.0 Å². The molecule has 0 aliphatic carbocycles. The number of methoxy groups -OCH3 is 1. The molecule has 3 aromatic heterocycles.